The van der Waals surface area contributed by atoms with E-state index < -0.39 is 22.7 Å². The quantitative estimate of drug-likeness (QED) is 0.652. The van der Waals surface area contributed by atoms with E-state index >= 15 is 0 Å². The topological polar surface area (TPSA) is 56.1 Å². The summed E-state index contributed by atoms with van der Waals surface area (Å²) in [4.78, 5) is 13.8. The number of anilines is 1. The third-order valence-corrected chi connectivity index (χ3v) is 3.98. The predicted octanol–water partition coefficient (Wildman–Crippen LogP) is 4.19. The summed E-state index contributed by atoms with van der Waals surface area (Å²) in [5.74, 6) is -0.422. The molecular weight excluding hydrogens is 343 g/mol. The number of nitriles is 1. The second kappa shape index (κ2) is 7.58. The zero-order valence-electron chi connectivity index (χ0n) is 12.7. The molecule has 8 heteroatoms. The summed E-state index contributed by atoms with van der Waals surface area (Å²) in [7, 11) is 0. The van der Waals surface area contributed by atoms with Gasteiger partial charge in [-0.05, 0) is 37.5 Å². The van der Waals surface area contributed by atoms with E-state index in [1.165, 1.54) is 6.07 Å². The highest BCUT2D eigenvalue weighted by molar-refractivity contribution is 6.31. The number of rotatable bonds is 3. The Balaban J connectivity index is 2.16. The number of alkyl halides is 3. The first-order valence-corrected chi connectivity index (χ1v) is 7.73. The molecule has 24 heavy (non-hydrogen) atoms. The summed E-state index contributed by atoms with van der Waals surface area (Å²) in [6.07, 6.45) is -0.660. The van der Waals surface area contributed by atoms with Gasteiger partial charge in [0.15, 0.2) is 0 Å². The zero-order valence-corrected chi connectivity index (χ0v) is 13.4. The Morgan fingerprint density at radius 3 is 2.54 bits per heavy atom. The average molecular weight is 358 g/mol. The number of carbonyl (C=O) groups is 1. The molecule has 1 aliphatic heterocycles. The molecule has 1 fully saturated rings. The number of amides is 1. The van der Waals surface area contributed by atoms with Gasteiger partial charge in [-0.1, -0.05) is 11.6 Å². The first kappa shape index (κ1) is 18.1. The average Bonchev–Trinajstić information content (AvgIpc) is 2.56. The van der Waals surface area contributed by atoms with E-state index in [-0.39, 0.29) is 11.3 Å². The third-order valence-electron chi connectivity index (χ3n) is 3.65. The van der Waals surface area contributed by atoms with Crippen LogP contribution in [0.15, 0.2) is 30.0 Å². The van der Waals surface area contributed by atoms with Crippen molar-refractivity contribution in [2.24, 2.45) is 0 Å². The van der Waals surface area contributed by atoms with Crippen molar-refractivity contribution in [3.63, 3.8) is 0 Å². The molecule has 2 rings (SSSR count). The fraction of sp³-hybridized carbons (Fsp3) is 0.375. The van der Waals surface area contributed by atoms with Crippen LogP contribution in [0.1, 0.15) is 24.8 Å². The summed E-state index contributed by atoms with van der Waals surface area (Å²) in [6.45, 7) is 1.16. The number of carbonyl (C=O) groups excluding carboxylic acids is 1. The Morgan fingerprint density at radius 1 is 1.29 bits per heavy atom. The molecule has 1 aromatic carbocycles. The zero-order chi connectivity index (χ0) is 17.7. The molecule has 0 atom stereocenters. The van der Waals surface area contributed by atoms with Crippen molar-refractivity contribution in [1.82, 2.24) is 4.90 Å². The molecule has 128 valence electrons. The third kappa shape index (κ3) is 4.42. The van der Waals surface area contributed by atoms with Gasteiger partial charge < -0.3 is 10.2 Å². The molecule has 1 aliphatic rings. The SMILES string of the molecule is N#C/C(=C/Nc1ccc(Cl)c(C(F)(F)F)c1)C(=O)N1CCCCC1. The number of nitrogens with one attached hydrogen (secondary N) is 1. The van der Waals surface area contributed by atoms with Gasteiger partial charge in [-0.3, -0.25) is 4.79 Å². The van der Waals surface area contributed by atoms with Crippen molar-refractivity contribution in [2.45, 2.75) is 25.4 Å². The minimum Gasteiger partial charge on any atom is -0.360 e. The van der Waals surface area contributed by atoms with Crippen LogP contribution >= 0.6 is 11.6 Å². The van der Waals surface area contributed by atoms with Gasteiger partial charge in [-0.25, -0.2) is 0 Å². The van der Waals surface area contributed by atoms with Gasteiger partial charge in [-0.2, -0.15) is 18.4 Å². The largest absolute Gasteiger partial charge is 0.417 e. The van der Waals surface area contributed by atoms with Crippen LogP contribution in [0.2, 0.25) is 5.02 Å². The number of halogens is 4. The highest BCUT2D eigenvalue weighted by Crippen LogP contribution is 2.36. The van der Waals surface area contributed by atoms with E-state index in [0.717, 1.165) is 37.6 Å². The fourth-order valence-corrected chi connectivity index (χ4v) is 2.62. The summed E-state index contributed by atoms with van der Waals surface area (Å²) >= 11 is 5.55. The van der Waals surface area contributed by atoms with Crippen LogP contribution in [0.25, 0.3) is 0 Å². The molecule has 1 saturated heterocycles. The molecule has 1 aromatic rings. The maximum Gasteiger partial charge on any atom is 0.417 e. The van der Waals surface area contributed by atoms with E-state index in [2.05, 4.69) is 5.32 Å². The van der Waals surface area contributed by atoms with Crippen LogP contribution in [-0.2, 0) is 11.0 Å². The lowest BCUT2D eigenvalue weighted by atomic mass is 10.1. The van der Waals surface area contributed by atoms with Gasteiger partial charge in [0.25, 0.3) is 5.91 Å². The van der Waals surface area contributed by atoms with Crippen LogP contribution in [0.4, 0.5) is 18.9 Å². The van der Waals surface area contributed by atoms with Gasteiger partial charge in [0.05, 0.1) is 10.6 Å². The number of piperidine rings is 1. The van der Waals surface area contributed by atoms with E-state index in [9.17, 15) is 18.0 Å². The lowest BCUT2D eigenvalue weighted by molar-refractivity contribution is -0.137. The molecule has 0 saturated carbocycles. The Kier molecular flexibility index (Phi) is 5.73. The number of hydrogen-bond donors (Lipinski definition) is 1. The molecule has 0 radical (unpaired) electrons. The van der Waals surface area contributed by atoms with Gasteiger partial charge >= 0.3 is 6.18 Å². The van der Waals surface area contributed by atoms with E-state index in [1.807, 2.05) is 0 Å². The highest BCUT2D eigenvalue weighted by atomic mass is 35.5. The van der Waals surface area contributed by atoms with Crippen molar-refractivity contribution in [3.05, 3.63) is 40.6 Å². The minimum atomic E-state index is -4.58. The van der Waals surface area contributed by atoms with Gasteiger partial charge in [0, 0.05) is 25.0 Å². The second-order valence-corrected chi connectivity index (χ2v) is 5.77. The van der Waals surface area contributed by atoms with Gasteiger partial charge in [-0.15, -0.1) is 0 Å². The number of nitrogens with zero attached hydrogens (tertiary/aromatic N) is 2. The Morgan fingerprint density at radius 2 is 1.96 bits per heavy atom. The van der Waals surface area contributed by atoms with Crippen molar-refractivity contribution in [2.75, 3.05) is 18.4 Å². The summed E-state index contributed by atoms with van der Waals surface area (Å²) < 4.78 is 38.5. The van der Waals surface area contributed by atoms with Gasteiger partial charge in [0.1, 0.15) is 11.6 Å². The minimum absolute atomic E-state index is 0.0888. The number of hydrogen-bond acceptors (Lipinski definition) is 3. The Bertz CT molecular complexity index is 689. The Hall–Kier alpha value is -2.20. The molecule has 0 unspecified atom stereocenters. The molecule has 4 nitrogen and oxygen atoms in total. The summed E-state index contributed by atoms with van der Waals surface area (Å²) in [6, 6.07) is 5.07. The molecule has 0 aliphatic carbocycles. The smallest absolute Gasteiger partial charge is 0.360 e. The molecule has 1 amide bonds. The number of likely N-dealkylation sites (tertiary alicyclic amines) is 1. The molecular formula is C16H15ClF3N3O. The van der Waals surface area contributed by atoms with Crippen molar-refractivity contribution < 1.29 is 18.0 Å². The monoisotopic (exact) mass is 357 g/mol. The van der Waals surface area contributed by atoms with Crippen molar-refractivity contribution in [3.8, 4) is 6.07 Å². The van der Waals surface area contributed by atoms with Crippen LogP contribution in [0.5, 0.6) is 0 Å². The molecule has 0 aromatic heterocycles. The van der Waals surface area contributed by atoms with E-state index in [1.54, 1.807) is 11.0 Å². The normalized spacial score (nSPS) is 15.8. The fourth-order valence-electron chi connectivity index (χ4n) is 2.40. The maximum absolute atomic E-state index is 12.8. The molecule has 0 spiro atoms. The van der Waals surface area contributed by atoms with Crippen LogP contribution < -0.4 is 5.32 Å². The lowest BCUT2D eigenvalue weighted by Crippen LogP contribution is -2.36. The lowest BCUT2D eigenvalue weighted by Gasteiger charge is -2.26. The van der Waals surface area contributed by atoms with Crippen molar-refractivity contribution in [1.29, 1.82) is 5.26 Å². The van der Waals surface area contributed by atoms with Crippen LogP contribution in [-0.4, -0.2) is 23.9 Å². The first-order chi connectivity index (χ1) is 11.3. The van der Waals surface area contributed by atoms with Crippen LogP contribution in [0, 0.1) is 11.3 Å². The first-order valence-electron chi connectivity index (χ1n) is 7.36. The highest BCUT2D eigenvalue weighted by Gasteiger charge is 2.33. The van der Waals surface area contributed by atoms with E-state index in [4.69, 9.17) is 16.9 Å². The van der Waals surface area contributed by atoms with Crippen molar-refractivity contribution >= 4 is 23.2 Å². The number of benzene rings is 1. The molecule has 1 N–H and O–H groups in total. The standard InChI is InChI=1S/C16H15ClF3N3O/c17-14-5-4-12(8-13(14)16(18,19)20)22-10-11(9-21)15(24)23-6-2-1-3-7-23/h4-5,8,10,22H,1-3,6-7H2/b11-10-. The van der Waals surface area contributed by atoms with E-state index in [0.29, 0.717) is 13.1 Å². The summed E-state index contributed by atoms with van der Waals surface area (Å²) in [5, 5.41) is 11.3. The second-order valence-electron chi connectivity index (χ2n) is 5.36. The maximum atomic E-state index is 12.8. The van der Waals surface area contributed by atoms with Crippen LogP contribution in [0.3, 0.4) is 0 Å². The summed E-state index contributed by atoms with van der Waals surface area (Å²) in [5.41, 5.74) is -1.05. The molecule has 1 heterocycles. The predicted molar refractivity (Wildman–Crippen MR) is 84.2 cm³/mol. The van der Waals surface area contributed by atoms with Gasteiger partial charge in [0.2, 0.25) is 0 Å². The Labute approximate surface area is 142 Å². The molecule has 0 bridgehead atoms.